The summed E-state index contributed by atoms with van der Waals surface area (Å²) in [5, 5.41) is 13.6. The SMILES string of the molecule is Cc1ccc(O)cc1NC(=O)c1ccc2[nH]c3c(c2c1)CN(C)CC3. The number of aryl methyl sites for hydroxylation is 1. The minimum Gasteiger partial charge on any atom is -0.508 e. The Balaban J connectivity index is 1.68. The van der Waals surface area contributed by atoms with Crippen LogP contribution in [0, 0.1) is 6.92 Å². The molecule has 2 aromatic carbocycles. The number of nitrogens with one attached hydrogen (secondary N) is 2. The molecule has 1 aliphatic rings. The van der Waals surface area contributed by atoms with Crippen LogP contribution in [0.15, 0.2) is 36.4 Å². The summed E-state index contributed by atoms with van der Waals surface area (Å²) in [6.07, 6.45) is 1.00. The number of anilines is 1. The normalized spacial score (nSPS) is 14.5. The van der Waals surface area contributed by atoms with Crippen LogP contribution in [0.4, 0.5) is 5.69 Å². The zero-order valence-corrected chi connectivity index (χ0v) is 14.4. The largest absolute Gasteiger partial charge is 0.508 e. The van der Waals surface area contributed by atoms with Gasteiger partial charge in [0.2, 0.25) is 0 Å². The first-order valence-corrected chi connectivity index (χ1v) is 8.44. The van der Waals surface area contributed by atoms with Crippen molar-refractivity contribution < 1.29 is 9.90 Å². The Morgan fingerprint density at radius 3 is 2.92 bits per heavy atom. The lowest BCUT2D eigenvalue weighted by atomic mass is 10.0. The molecule has 1 aliphatic heterocycles. The van der Waals surface area contributed by atoms with Gasteiger partial charge in [0.1, 0.15) is 5.75 Å². The van der Waals surface area contributed by atoms with Gasteiger partial charge in [-0.25, -0.2) is 0 Å². The number of phenolic OH excluding ortho intramolecular Hbond substituents is 1. The molecule has 5 heteroatoms. The topological polar surface area (TPSA) is 68.4 Å². The quantitative estimate of drug-likeness (QED) is 0.672. The number of H-pyrrole nitrogens is 1. The second-order valence-electron chi connectivity index (χ2n) is 6.78. The molecule has 0 atom stereocenters. The third-order valence-electron chi connectivity index (χ3n) is 4.90. The van der Waals surface area contributed by atoms with Crippen LogP contribution in [0.1, 0.15) is 27.2 Å². The molecule has 25 heavy (non-hydrogen) atoms. The van der Waals surface area contributed by atoms with Crippen molar-refractivity contribution in [3.8, 4) is 5.75 Å². The molecule has 5 nitrogen and oxygen atoms in total. The van der Waals surface area contributed by atoms with E-state index in [1.807, 2.05) is 25.1 Å². The van der Waals surface area contributed by atoms with Crippen molar-refractivity contribution in [1.82, 2.24) is 9.88 Å². The van der Waals surface area contributed by atoms with Gasteiger partial charge in [0, 0.05) is 53.4 Å². The van der Waals surface area contributed by atoms with E-state index >= 15 is 0 Å². The number of hydrogen-bond donors (Lipinski definition) is 3. The van der Waals surface area contributed by atoms with Gasteiger partial charge in [-0.05, 0) is 49.4 Å². The first-order valence-electron chi connectivity index (χ1n) is 8.44. The lowest BCUT2D eigenvalue weighted by Gasteiger charge is -2.22. The van der Waals surface area contributed by atoms with Crippen molar-refractivity contribution in [1.29, 1.82) is 0 Å². The number of carbonyl (C=O) groups excluding carboxylic acids is 1. The summed E-state index contributed by atoms with van der Waals surface area (Å²) in [5.41, 5.74) is 5.78. The van der Waals surface area contributed by atoms with Crippen molar-refractivity contribution in [2.45, 2.75) is 19.9 Å². The minimum absolute atomic E-state index is 0.138. The van der Waals surface area contributed by atoms with Crippen molar-refractivity contribution in [3.05, 3.63) is 58.8 Å². The highest BCUT2D eigenvalue weighted by Crippen LogP contribution is 2.28. The number of likely N-dealkylation sites (N-methyl/N-ethyl adjacent to an activating group) is 1. The number of hydrogen-bond acceptors (Lipinski definition) is 3. The van der Waals surface area contributed by atoms with Crippen molar-refractivity contribution in [2.75, 3.05) is 18.9 Å². The molecule has 0 bridgehead atoms. The van der Waals surface area contributed by atoms with E-state index in [0.717, 1.165) is 36.0 Å². The van der Waals surface area contributed by atoms with E-state index < -0.39 is 0 Å². The molecule has 0 aliphatic carbocycles. The van der Waals surface area contributed by atoms with Gasteiger partial charge in [0.15, 0.2) is 0 Å². The summed E-state index contributed by atoms with van der Waals surface area (Å²) >= 11 is 0. The van der Waals surface area contributed by atoms with E-state index in [1.165, 1.54) is 11.3 Å². The van der Waals surface area contributed by atoms with Gasteiger partial charge in [-0.15, -0.1) is 0 Å². The Hall–Kier alpha value is -2.79. The van der Waals surface area contributed by atoms with Gasteiger partial charge in [0.25, 0.3) is 5.91 Å². The smallest absolute Gasteiger partial charge is 0.255 e. The molecular weight excluding hydrogens is 314 g/mol. The number of fused-ring (bicyclic) bond motifs is 3. The number of aromatic nitrogens is 1. The molecule has 128 valence electrons. The number of nitrogens with zero attached hydrogens (tertiary/aromatic N) is 1. The molecule has 4 rings (SSSR count). The Morgan fingerprint density at radius 2 is 2.08 bits per heavy atom. The number of carbonyl (C=O) groups is 1. The molecule has 0 radical (unpaired) electrons. The Bertz CT molecular complexity index is 974. The van der Waals surface area contributed by atoms with E-state index in [4.69, 9.17) is 0 Å². The summed E-state index contributed by atoms with van der Waals surface area (Å²) in [6.45, 7) is 3.84. The fourth-order valence-electron chi connectivity index (χ4n) is 3.43. The van der Waals surface area contributed by atoms with Crippen LogP contribution in [-0.4, -0.2) is 34.5 Å². The summed E-state index contributed by atoms with van der Waals surface area (Å²) in [7, 11) is 2.11. The molecule has 0 spiro atoms. The first kappa shape index (κ1) is 15.7. The van der Waals surface area contributed by atoms with Crippen molar-refractivity contribution in [2.24, 2.45) is 0 Å². The highest BCUT2D eigenvalue weighted by molar-refractivity contribution is 6.07. The minimum atomic E-state index is -0.172. The molecule has 0 saturated heterocycles. The molecule has 0 fully saturated rings. The number of aromatic hydroxyl groups is 1. The molecule has 2 heterocycles. The Morgan fingerprint density at radius 1 is 1.24 bits per heavy atom. The predicted molar refractivity (Wildman–Crippen MR) is 99.1 cm³/mol. The lowest BCUT2D eigenvalue weighted by molar-refractivity contribution is 0.102. The van der Waals surface area contributed by atoms with Gasteiger partial charge in [0.05, 0.1) is 0 Å². The third-order valence-corrected chi connectivity index (χ3v) is 4.90. The second kappa shape index (κ2) is 5.93. The number of rotatable bonds is 2. The maximum atomic E-state index is 12.7. The monoisotopic (exact) mass is 335 g/mol. The van der Waals surface area contributed by atoms with Gasteiger partial charge >= 0.3 is 0 Å². The Labute approximate surface area is 146 Å². The zero-order chi connectivity index (χ0) is 17.6. The number of aromatic amines is 1. The lowest BCUT2D eigenvalue weighted by Crippen LogP contribution is -2.26. The molecular formula is C20H21N3O2. The van der Waals surface area contributed by atoms with Crippen molar-refractivity contribution in [3.63, 3.8) is 0 Å². The standard InChI is InChI=1S/C20H21N3O2/c1-12-3-5-14(24)10-19(12)22-20(25)13-4-6-17-15(9-13)16-11-23(2)8-7-18(16)21-17/h3-6,9-10,21,24H,7-8,11H2,1-2H3,(H,22,25). The molecule has 0 saturated carbocycles. The van der Waals surface area contributed by atoms with Crippen LogP contribution in [0.2, 0.25) is 0 Å². The van der Waals surface area contributed by atoms with Crippen LogP contribution >= 0.6 is 0 Å². The van der Waals surface area contributed by atoms with Crippen LogP contribution in [0.3, 0.4) is 0 Å². The average Bonchev–Trinajstić information content (AvgIpc) is 2.95. The van der Waals surface area contributed by atoms with E-state index in [-0.39, 0.29) is 11.7 Å². The zero-order valence-electron chi connectivity index (χ0n) is 14.4. The molecule has 1 aromatic heterocycles. The van der Waals surface area contributed by atoms with Crippen LogP contribution < -0.4 is 5.32 Å². The van der Waals surface area contributed by atoms with Gasteiger partial charge in [-0.3, -0.25) is 4.79 Å². The van der Waals surface area contributed by atoms with Gasteiger partial charge in [-0.2, -0.15) is 0 Å². The highest BCUT2D eigenvalue weighted by atomic mass is 16.3. The van der Waals surface area contributed by atoms with E-state index in [0.29, 0.717) is 11.3 Å². The summed E-state index contributed by atoms with van der Waals surface area (Å²) in [6, 6.07) is 10.7. The number of amides is 1. The summed E-state index contributed by atoms with van der Waals surface area (Å²) < 4.78 is 0. The summed E-state index contributed by atoms with van der Waals surface area (Å²) in [5.74, 6) is -0.0335. The predicted octanol–water partition coefficient (Wildman–Crippen LogP) is 3.42. The molecule has 1 amide bonds. The highest BCUT2D eigenvalue weighted by Gasteiger charge is 2.19. The maximum absolute atomic E-state index is 12.7. The Kier molecular flexibility index (Phi) is 3.73. The van der Waals surface area contributed by atoms with E-state index in [1.54, 1.807) is 18.2 Å². The van der Waals surface area contributed by atoms with Crippen LogP contribution in [0.5, 0.6) is 5.75 Å². The van der Waals surface area contributed by atoms with Crippen LogP contribution in [0.25, 0.3) is 10.9 Å². The summed E-state index contributed by atoms with van der Waals surface area (Å²) in [4.78, 5) is 18.4. The molecule has 3 aromatic rings. The van der Waals surface area contributed by atoms with E-state index in [2.05, 4.69) is 22.2 Å². The first-order chi connectivity index (χ1) is 12.0. The maximum Gasteiger partial charge on any atom is 0.255 e. The van der Waals surface area contributed by atoms with Crippen LogP contribution in [-0.2, 0) is 13.0 Å². The van der Waals surface area contributed by atoms with Crippen molar-refractivity contribution >= 4 is 22.5 Å². The third kappa shape index (κ3) is 2.87. The second-order valence-corrected chi connectivity index (χ2v) is 6.78. The average molecular weight is 335 g/mol. The number of benzene rings is 2. The molecule has 0 unspecified atom stereocenters. The molecule has 3 N–H and O–H groups in total. The van der Waals surface area contributed by atoms with E-state index in [9.17, 15) is 9.90 Å². The van der Waals surface area contributed by atoms with Gasteiger partial charge < -0.3 is 20.3 Å². The fourth-order valence-corrected chi connectivity index (χ4v) is 3.43. The fraction of sp³-hybridized carbons (Fsp3) is 0.250. The number of phenols is 1. The van der Waals surface area contributed by atoms with Gasteiger partial charge in [-0.1, -0.05) is 6.07 Å².